The lowest BCUT2D eigenvalue weighted by Gasteiger charge is -2.28. The number of carbonyl (C=O) groups is 1. The van der Waals surface area contributed by atoms with E-state index >= 15 is 0 Å². The van der Waals surface area contributed by atoms with Gasteiger partial charge in [0, 0.05) is 30.3 Å². The number of nitrogens with zero attached hydrogens (tertiary/aromatic N) is 4. The Labute approximate surface area is 188 Å². The van der Waals surface area contributed by atoms with Crippen molar-refractivity contribution in [1.82, 2.24) is 24.8 Å². The first kappa shape index (κ1) is 21.7. The number of hydrogen-bond donors (Lipinski definition) is 1. The molecule has 32 heavy (non-hydrogen) atoms. The summed E-state index contributed by atoms with van der Waals surface area (Å²) in [5.41, 5.74) is 4.72. The van der Waals surface area contributed by atoms with Gasteiger partial charge in [0.05, 0.1) is 11.4 Å². The zero-order valence-corrected chi connectivity index (χ0v) is 19.0. The molecular weight excluding hydrogens is 398 g/mol. The second-order valence-corrected chi connectivity index (χ2v) is 9.14. The van der Waals surface area contributed by atoms with E-state index in [0.717, 1.165) is 29.1 Å². The lowest BCUT2D eigenvalue weighted by atomic mass is 9.93. The van der Waals surface area contributed by atoms with Crippen molar-refractivity contribution in [2.24, 2.45) is 5.41 Å². The molecule has 4 rings (SSSR count). The molecule has 2 aromatic heterocycles. The molecule has 0 saturated carbocycles. The van der Waals surface area contributed by atoms with Gasteiger partial charge in [-0.2, -0.15) is 5.10 Å². The second-order valence-electron chi connectivity index (χ2n) is 9.14. The zero-order chi connectivity index (χ0) is 22.7. The molecule has 0 unspecified atom stereocenters. The van der Waals surface area contributed by atoms with Gasteiger partial charge in [0.15, 0.2) is 11.3 Å². The molecule has 4 aromatic rings. The summed E-state index contributed by atoms with van der Waals surface area (Å²) in [6, 6.07) is 23.9. The molecule has 164 valence electrons. The van der Waals surface area contributed by atoms with Crippen LogP contribution in [0.1, 0.15) is 24.3 Å². The maximum Gasteiger partial charge on any atom is 0.271 e. The molecule has 0 aliphatic carbocycles. The van der Waals surface area contributed by atoms with Crippen LogP contribution < -0.4 is 5.32 Å². The Hall–Kier alpha value is -3.51. The highest BCUT2D eigenvalue weighted by atomic mass is 16.1. The van der Waals surface area contributed by atoms with Gasteiger partial charge in [-0.1, -0.05) is 74.5 Å². The average molecular weight is 428 g/mol. The van der Waals surface area contributed by atoms with Crippen LogP contribution in [0.3, 0.4) is 0 Å². The topological polar surface area (TPSA) is 62.5 Å². The number of carbonyl (C=O) groups excluding carboxylic acids is 1. The van der Waals surface area contributed by atoms with Crippen molar-refractivity contribution in [2.75, 3.05) is 27.2 Å². The molecule has 0 bridgehead atoms. The number of nitrogens with one attached hydrogen (secondary N) is 1. The van der Waals surface area contributed by atoms with Gasteiger partial charge in [-0.3, -0.25) is 4.79 Å². The van der Waals surface area contributed by atoms with Gasteiger partial charge < -0.3 is 10.2 Å². The van der Waals surface area contributed by atoms with E-state index in [1.165, 1.54) is 0 Å². The summed E-state index contributed by atoms with van der Waals surface area (Å²) in [6.07, 6.45) is 0. The van der Waals surface area contributed by atoms with Crippen LogP contribution in [0.25, 0.3) is 28.2 Å². The van der Waals surface area contributed by atoms with E-state index in [1.807, 2.05) is 80.8 Å². The predicted molar refractivity (Wildman–Crippen MR) is 129 cm³/mol. The van der Waals surface area contributed by atoms with Crippen molar-refractivity contribution in [3.63, 3.8) is 0 Å². The summed E-state index contributed by atoms with van der Waals surface area (Å²) in [7, 11) is 4.07. The van der Waals surface area contributed by atoms with Gasteiger partial charge >= 0.3 is 0 Å². The van der Waals surface area contributed by atoms with Gasteiger partial charge in [0.1, 0.15) is 0 Å². The van der Waals surface area contributed by atoms with Crippen molar-refractivity contribution in [3.05, 3.63) is 78.5 Å². The van der Waals surface area contributed by atoms with Crippen LogP contribution in [-0.4, -0.2) is 52.6 Å². The zero-order valence-electron chi connectivity index (χ0n) is 19.0. The number of hydrogen-bond acceptors (Lipinski definition) is 4. The Kier molecular flexibility index (Phi) is 6.06. The van der Waals surface area contributed by atoms with Crippen LogP contribution in [0.15, 0.2) is 72.8 Å². The maximum atomic E-state index is 12.9. The highest BCUT2D eigenvalue weighted by Crippen LogP contribution is 2.26. The molecule has 0 atom stereocenters. The van der Waals surface area contributed by atoms with Gasteiger partial charge in [-0.05, 0) is 25.6 Å². The normalized spacial score (nSPS) is 11.8. The number of amides is 1. The van der Waals surface area contributed by atoms with Gasteiger partial charge in [-0.25, -0.2) is 9.50 Å². The minimum atomic E-state index is -0.192. The fourth-order valence-electron chi connectivity index (χ4n) is 3.98. The van der Waals surface area contributed by atoms with Crippen LogP contribution in [0.4, 0.5) is 0 Å². The second kappa shape index (κ2) is 8.93. The van der Waals surface area contributed by atoms with Crippen molar-refractivity contribution < 1.29 is 4.79 Å². The first-order valence-electron chi connectivity index (χ1n) is 10.8. The van der Waals surface area contributed by atoms with Crippen molar-refractivity contribution in [1.29, 1.82) is 0 Å². The van der Waals surface area contributed by atoms with E-state index < -0.39 is 0 Å². The smallest absolute Gasteiger partial charge is 0.271 e. The van der Waals surface area contributed by atoms with Crippen LogP contribution in [0.5, 0.6) is 0 Å². The monoisotopic (exact) mass is 427 g/mol. The molecule has 6 heteroatoms. The van der Waals surface area contributed by atoms with Crippen molar-refractivity contribution in [3.8, 4) is 22.5 Å². The van der Waals surface area contributed by atoms with E-state index in [0.29, 0.717) is 17.9 Å². The molecule has 1 amide bonds. The third kappa shape index (κ3) is 4.86. The minimum Gasteiger partial charge on any atom is -0.350 e. The summed E-state index contributed by atoms with van der Waals surface area (Å²) in [4.78, 5) is 19.8. The van der Waals surface area contributed by atoms with Gasteiger partial charge in [0.25, 0.3) is 5.91 Å². The largest absolute Gasteiger partial charge is 0.350 e. The van der Waals surface area contributed by atoms with Gasteiger partial charge in [0.2, 0.25) is 0 Å². The summed E-state index contributed by atoms with van der Waals surface area (Å²) in [6.45, 7) is 5.71. The molecule has 2 heterocycles. The Bertz CT molecular complexity index is 1210. The summed E-state index contributed by atoms with van der Waals surface area (Å²) < 4.78 is 1.75. The molecule has 0 fully saturated rings. The van der Waals surface area contributed by atoms with Gasteiger partial charge in [-0.15, -0.1) is 0 Å². The fourth-order valence-corrected chi connectivity index (χ4v) is 3.98. The highest BCUT2D eigenvalue weighted by Gasteiger charge is 2.22. The minimum absolute atomic E-state index is 0.0494. The van der Waals surface area contributed by atoms with E-state index in [4.69, 9.17) is 4.98 Å². The van der Waals surface area contributed by atoms with Crippen LogP contribution in [0, 0.1) is 5.41 Å². The maximum absolute atomic E-state index is 12.9. The lowest BCUT2D eigenvalue weighted by molar-refractivity contribution is 0.0924. The molecule has 0 aliphatic heterocycles. The summed E-state index contributed by atoms with van der Waals surface area (Å²) in [5, 5.41) is 7.66. The molecule has 2 aromatic carbocycles. The first-order valence-corrected chi connectivity index (χ1v) is 10.8. The quantitative estimate of drug-likeness (QED) is 0.475. The van der Waals surface area contributed by atoms with E-state index in [9.17, 15) is 4.79 Å². The molecular formula is C26H29N5O. The fraction of sp³-hybridized carbons (Fsp3) is 0.269. The van der Waals surface area contributed by atoms with E-state index in [1.54, 1.807) is 10.6 Å². The van der Waals surface area contributed by atoms with Crippen LogP contribution in [-0.2, 0) is 0 Å². The van der Waals surface area contributed by atoms with Crippen LogP contribution >= 0.6 is 0 Å². The SMILES string of the molecule is CN(C)CC(C)(C)CNC(=O)c1cc2nc(-c3ccccc3)cc(-c3ccccc3)n2n1. The Morgan fingerprint density at radius 3 is 2.22 bits per heavy atom. The predicted octanol–water partition coefficient (Wildman–Crippen LogP) is 4.38. The van der Waals surface area contributed by atoms with Crippen molar-refractivity contribution >= 4 is 11.6 Å². The third-order valence-corrected chi connectivity index (χ3v) is 5.27. The standard InChI is InChI=1S/C26H29N5O/c1-26(2,18-30(3)4)17-27-25(32)22-16-24-28-21(19-11-7-5-8-12-19)15-23(31(24)29-22)20-13-9-6-10-14-20/h5-16H,17-18H2,1-4H3,(H,27,32). The lowest BCUT2D eigenvalue weighted by Crippen LogP contribution is -2.40. The molecule has 0 radical (unpaired) electrons. The number of aromatic nitrogens is 3. The Morgan fingerprint density at radius 1 is 0.969 bits per heavy atom. The molecule has 0 saturated heterocycles. The summed E-state index contributed by atoms with van der Waals surface area (Å²) in [5.74, 6) is -0.192. The molecule has 0 aliphatic rings. The third-order valence-electron chi connectivity index (χ3n) is 5.27. The Morgan fingerprint density at radius 2 is 1.59 bits per heavy atom. The summed E-state index contributed by atoms with van der Waals surface area (Å²) >= 11 is 0. The average Bonchev–Trinajstić information content (AvgIpc) is 3.21. The Balaban J connectivity index is 1.71. The number of rotatable bonds is 7. The van der Waals surface area contributed by atoms with Crippen molar-refractivity contribution in [2.45, 2.75) is 13.8 Å². The van der Waals surface area contributed by atoms with E-state index in [2.05, 4.69) is 29.2 Å². The first-order chi connectivity index (χ1) is 15.3. The number of fused-ring (bicyclic) bond motifs is 1. The molecule has 1 N–H and O–H groups in total. The molecule has 0 spiro atoms. The van der Waals surface area contributed by atoms with Crippen LogP contribution in [0.2, 0.25) is 0 Å². The number of benzene rings is 2. The highest BCUT2D eigenvalue weighted by molar-refractivity contribution is 5.93. The van der Waals surface area contributed by atoms with E-state index in [-0.39, 0.29) is 11.3 Å². The molecule has 6 nitrogen and oxygen atoms in total.